The van der Waals surface area contributed by atoms with E-state index in [1.54, 1.807) is 12.1 Å². The molecule has 0 radical (unpaired) electrons. The number of rotatable bonds is 5. The molecule has 0 bridgehead atoms. The van der Waals surface area contributed by atoms with E-state index in [2.05, 4.69) is 43.8 Å². The maximum absolute atomic E-state index is 8.97. The molecule has 0 aliphatic heterocycles. The van der Waals surface area contributed by atoms with Gasteiger partial charge in [-0.3, -0.25) is 0 Å². The predicted molar refractivity (Wildman–Crippen MR) is 76.6 cm³/mol. The zero-order valence-corrected chi connectivity index (χ0v) is 11.6. The minimum absolute atomic E-state index is 0.348. The SMILES string of the molecule is CCN(c1cc(C#N)ccc1N)C(C)CN(C)C. The molecule has 0 heterocycles. The van der Waals surface area contributed by atoms with Gasteiger partial charge >= 0.3 is 0 Å². The zero-order valence-electron chi connectivity index (χ0n) is 11.6. The van der Waals surface area contributed by atoms with Gasteiger partial charge in [-0.2, -0.15) is 5.26 Å². The Bertz CT molecular complexity index is 434. The van der Waals surface area contributed by atoms with Gasteiger partial charge in [0.2, 0.25) is 0 Å². The van der Waals surface area contributed by atoms with Gasteiger partial charge in [0.05, 0.1) is 23.0 Å². The maximum atomic E-state index is 8.97. The van der Waals surface area contributed by atoms with Crippen molar-refractivity contribution in [3.63, 3.8) is 0 Å². The first-order valence-electron chi connectivity index (χ1n) is 6.20. The summed E-state index contributed by atoms with van der Waals surface area (Å²) in [7, 11) is 4.11. The van der Waals surface area contributed by atoms with E-state index in [-0.39, 0.29) is 0 Å². The van der Waals surface area contributed by atoms with Crippen LogP contribution in [0.1, 0.15) is 19.4 Å². The van der Waals surface area contributed by atoms with Gasteiger partial charge in [0.1, 0.15) is 0 Å². The molecular weight excluding hydrogens is 224 g/mol. The number of nitrogens with two attached hydrogens (primary N) is 1. The van der Waals surface area contributed by atoms with E-state index in [0.717, 1.165) is 24.5 Å². The van der Waals surface area contributed by atoms with Crippen LogP contribution in [0.15, 0.2) is 18.2 Å². The third-order valence-corrected chi connectivity index (χ3v) is 2.97. The minimum atomic E-state index is 0.348. The van der Waals surface area contributed by atoms with Crippen LogP contribution >= 0.6 is 0 Å². The highest BCUT2D eigenvalue weighted by Crippen LogP contribution is 2.26. The van der Waals surface area contributed by atoms with Crippen molar-refractivity contribution in [2.75, 3.05) is 37.8 Å². The lowest BCUT2D eigenvalue weighted by molar-refractivity contribution is 0.373. The molecule has 1 aromatic carbocycles. The van der Waals surface area contributed by atoms with Gasteiger partial charge in [0.15, 0.2) is 0 Å². The van der Waals surface area contributed by atoms with Crippen LogP contribution in [-0.4, -0.2) is 38.1 Å². The van der Waals surface area contributed by atoms with E-state index in [9.17, 15) is 0 Å². The van der Waals surface area contributed by atoms with Crippen LogP contribution in [0.4, 0.5) is 11.4 Å². The Labute approximate surface area is 110 Å². The maximum Gasteiger partial charge on any atom is 0.0992 e. The van der Waals surface area contributed by atoms with E-state index < -0.39 is 0 Å². The largest absolute Gasteiger partial charge is 0.397 e. The summed E-state index contributed by atoms with van der Waals surface area (Å²) < 4.78 is 0. The van der Waals surface area contributed by atoms with Crippen LogP contribution in [0, 0.1) is 11.3 Å². The van der Waals surface area contributed by atoms with Crippen LogP contribution in [0.3, 0.4) is 0 Å². The Morgan fingerprint density at radius 2 is 2.06 bits per heavy atom. The third-order valence-electron chi connectivity index (χ3n) is 2.97. The summed E-state index contributed by atoms with van der Waals surface area (Å²) in [4.78, 5) is 4.38. The molecule has 0 aliphatic carbocycles. The van der Waals surface area contributed by atoms with E-state index in [1.807, 2.05) is 6.07 Å². The van der Waals surface area contributed by atoms with Gasteiger partial charge in [-0.15, -0.1) is 0 Å². The van der Waals surface area contributed by atoms with Gasteiger partial charge in [-0.1, -0.05) is 0 Å². The first kappa shape index (κ1) is 14.3. The highest BCUT2D eigenvalue weighted by molar-refractivity contribution is 5.70. The van der Waals surface area contributed by atoms with Gasteiger partial charge in [0, 0.05) is 19.1 Å². The molecule has 1 rings (SSSR count). The topological polar surface area (TPSA) is 56.3 Å². The van der Waals surface area contributed by atoms with Crippen molar-refractivity contribution >= 4 is 11.4 Å². The van der Waals surface area contributed by atoms with Crippen molar-refractivity contribution in [1.29, 1.82) is 5.26 Å². The predicted octanol–water partition coefficient (Wildman–Crippen LogP) is 1.92. The normalized spacial score (nSPS) is 12.2. The Morgan fingerprint density at radius 1 is 1.39 bits per heavy atom. The number of benzene rings is 1. The van der Waals surface area contributed by atoms with Gasteiger partial charge in [0.25, 0.3) is 0 Å². The summed E-state index contributed by atoms with van der Waals surface area (Å²) in [5, 5.41) is 8.97. The molecule has 0 amide bonds. The van der Waals surface area contributed by atoms with Crippen LogP contribution < -0.4 is 10.6 Å². The second-order valence-corrected chi connectivity index (χ2v) is 4.78. The summed E-state index contributed by atoms with van der Waals surface area (Å²) in [6.07, 6.45) is 0. The Balaban J connectivity index is 3.04. The van der Waals surface area contributed by atoms with E-state index >= 15 is 0 Å². The lowest BCUT2D eigenvalue weighted by Gasteiger charge is -2.33. The first-order valence-corrected chi connectivity index (χ1v) is 6.20. The van der Waals surface area contributed by atoms with Crippen LogP contribution in [0.2, 0.25) is 0 Å². The smallest absolute Gasteiger partial charge is 0.0992 e. The number of hydrogen-bond acceptors (Lipinski definition) is 4. The molecule has 0 spiro atoms. The number of nitrogen functional groups attached to an aromatic ring is 1. The number of nitriles is 1. The van der Waals surface area contributed by atoms with E-state index in [1.165, 1.54) is 0 Å². The van der Waals surface area contributed by atoms with Crippen molar-refractivity contribution < 1.29 is 0 Å². The molecule has 0 fully saturated rings. The van der Waals surface area contributed by atoms with Gasteiger partial charge in [-0.05, 0) is 46.1 Å². The summed E-state index contributed by atoms with van der Waals surface area (Å²) in [6, 6.07) is 7.93. The second-order valence-electron chi connectivity index (χ2n) is 4.78. The quantitative estimate of drug-likeness (QED) is 0.806. The molecular formula is C14H22N4. The van der Waals surface area contributed by atoms with Gasteiger partial charge in [-0.25, -0.2) is 0 Å². The first-order chi connectivity index (χ1) is 8.49. The number of hydrogen-bond donors (Lipinski definition) is 1. The Morgan fingerprint density at radius 3 is 2.56 bits per heavy atom. The van der Waals surface area contributed by atoms with Gasteiger partial charge < -0.3 is 15.5 Å². The molecule has 1 aromatic rings. The molecule has 0 aliphatic rings. The zero-order chi connectivity index (χ0) is 13.7. The van der Waals surface area contributed by atoms with Crippen LogP contribution in [0.25, 0.3) is 0 Å². The van der Waals surface area contributed by atoms with Crippen LogP contribution in [0.5, 0.6) is 0 Å². The minimum Gasteiger partial charge on any atom is -0.397 e. The fourth-order valence-electron chi connectivity index (χ4n) is 2.21. The lowest BCUT2D eigenvalue weighted by atomic mass is 10.1. The summed E-state index contributed by atoms with van der Waals surface area (Å²) in [5.74, 6) is 0. The molecule has 0 saturated heterocycles. The second kappa shape index (κ2) is 6.27. The molecule has 4 nitrogen and oxygen atoms in total. The molecule has 1 atom stereocenters. The molecule has 0 saturated carbocycles. The van der Waals surface area contributed by atoms with E-state index in [0.29, 0.717) is 11.6 Å². The summed E-state index contributed by atoms with van der Waals surface area (Å²) in [6.45, 7) is 6.09. The monoisotopic (exact) mass is 246 g/mol. The Hall–Kier alpha value is -1.73. The number of nitrogens with zero attached hydrogens (tertiary/aromatic N) is 3. The molecule has 1 unspecified atom stereocenters. The Kier molecular flexibility index (Phi) is 4.99. The molecule has 0 aromatic heterocycles. The number of likely N-dealkylation sites (N-methyl/N-ethyl adjacent to an activating group) is 2. The van der Waals surface area contributed by atoms with Crippen LogP contribution in [-0.2, 0) is 0 Å². The summed E-state index contributed by atoms with van der Waals surface area (Å²) >= 11 is 0. The lowest BCUT2D eigenvalue weighted by Crippen LogP contribution is -2.40. The highest BCUT2D eigenvalue weighted by Gasteiger charge is 2.16. The van der Waals surface area contributed by atoms with Crippen molar-refractivity contribution in [2.45, 2.75) is 19.9 Å². The molecule has 98 valence electrons. The van der Waals surface area contributed by atoms with Crippen molar-refractivity contribution in [3.05, 3.63) is 23.8 Å². The number of anilines is 2. The fourth-order valence-corrected chi connectivity index (χ4v) is 2.21. The highest BCUT2D eigenvalue weighted by atomic mass is 15.2. The van der Waals surface area contributed by atoms with E-state index in [4.69, 9.17) is 11.0 Å². The molecule has 4 heteroatoms. The average Bonchev–Trinajstić information content (AvgIpc) is 2.31. The third kappa shape index (κ3) is 3.38. The standard InChI is InChI=1S/C14H22N4/c1-5-18(11(2)10-17(3)4)14-8-12(9-15)6-7-13(14)16/h6-8,11H,5,10,16H2,1-4H3. The van der Waals surface area contributed by atoms with Crippen molar-refractivity contribution in [3.8, 4) is 6.07 Å². The fraction of sp³-hybridized carbons (Fsp3) is 0.500. The average molecular weight is 246 g/mol. The summed E-state index contributed by atoms with van der Waals surface area (Å²) in [5.41, 5.74) is 8.35. The van der Waals surface area contributed by atoms with Crippen molar-refractivity contribution in [1.82, 2.24) is 4.90 Å². The molecule has 18 heavy (non-hydrogen) atoms. The molecule has 2 N–H and O–H groups in total. The van der Waals surface area contributed by atoms with Crippen molar-refractivity contribution in [2.24, 2.45) is 0 Å².